The number of hydrogen-bond acceptors (Lipinski definition) is 4. The zero-order chi connectivity index (χ0) is 28.6. The molecule has 0 unspecified atom stereocenters. The summed E-state index contributed by atoms with van der Waals surface area (Å²) in [5, 5.41) is 11.1. The molecule has 0 atom stereocenters. The van der Waals surface area contributed by atoms with Crippen LogP contribution in [0.1, 0.15) is 43.3 Å². The summed E-state index contributed by atoms with van der Waals surface area (Å²) < 4.78 is 5.29. The van der Waals surface area contributed by atoms with Crippen LogP contribution in [0.4, 0.5) is 0 Å². The van der Waals surface area contributed by atoms with Gasteiger partial charge in [-0.3, -0.25) is 4.79 Å². The summed E-state index contributed by atoms with van der Waals surface area (Å²) in [4.78, 5) is 26.9. The van der Waals surface area contributed by atoms with E-state index in [0.29, 0.717) is 24.4 Å². The number of hydrogen-bond donors (Lipinski definition) is 0. The summed E-state index contributed by atoms with van der Waals surface area (Å²) in [6.07, 6.45) is 0. The number of carbonyl (C=O) groups is 2. The van der Waals surface area contributed by atoms with Gasteiger partial charge in [-0.1, -0.05) is 109 Å². The van der Waals surface area contributed by atoms with E-state index in [-0.39, 0.29) is 46.9 Å². The molecule has 0 bridgehead atoms. The zero-order valence-electron chi connectivity index (χ0n) is 23.8. The standard InChI is InChI=1S/C36H31NO4.Na/c1-41-33-22-20-31(21-23-33)35(38)37(25-34(29-8-4-2-5-9-29)30-10-6-3-7-11-30)24-26-12-14-27(15-13-26)28-16-18-32(19-17-28)36(39)40;/h2-23,34H,24-25H2,1H3,(H,39,40);/q;+1/p-1. The molecular formula is C36H30NNaO4. The molecule has 5 nitrogen and oxygen atoms in total. The van der Waals surface area contributed by atoms with E-state index in [0.717, 1.165) is 27.8 Å². The Bertz CT molecular complexity index is 1550. The third-order valence-corrected chi connectivity index (χ3v) is 7.21. The molecular weight excluding hydrogens is 533 g/mol. The summed E-state index contributed by atoms with van der Waals surface area (Å²) in [6, 6.07) is 42.4. The van der Waals surface area contributed by atoms with Gasteiger partial charge >= 0.3 is 29.6 Å². The molecule has 5 aromatic carbocycles. The van der Waals surface area contributed by atoms with Crippen LogP contribution in [0.2, 0.25) is 0 Å². The van der Waals surface area contributed by atoms with Crippen LogP contribution in [0.15, 0.2) is 133 Å². The molecule has 0 aliphatic heterocycles. The second-order valence-corrected chi connectivity index (χ2v) is 9.85. The summed E-state index contributed by atoms with van der Waals surface area (Å²) in [5.74, 6) is -0.576. The third kappa shape index (κ3) is 7.56. The summed E-state index contributed by atoms with van der Waals surface area (Å²) in [7, 11) is 1.61. The van der Waals surface area contributed by atoms with E-state index in [1.807, 2.05) is 65.6 Å². The van der Waals surface area contributed by atoms with Crippen molar-refractivity contribution in [3.8, 4) is 16.9 Å². The fourth-order valence-electron chi connectivity index (χ4n) is 4.95. The minimum Gasteiger partial charge on any atom is -0.545 e. The van der Waals surface area contributed by atoms with Crippen LogP contribution in [-0.2, 0) is 6.54 Å². The van der Waals surface area contributed by atoms with Crippen molar-refractivity contribution in [2.24, 2.45) is 0 Å². The number of amides is 1. The summed E-state index contributed by atoms with van der Waals surface area (Å²) in [6.45, 7) is 0.913. The number of rotatable bonds is 10. The van der Waals surface area contributed by atoms with Gasteiger partial charge in [0.2, 0.25) is 0 Å². The van der Waals surface area contributed by atoms with Crippen molar-refractivity contribution >= 4 is 11.9 Å². The van der Waals surface area contributed by atoms with Crippen LogP contribution in [-0.4, -0.2) is 30.4 Å². The summed E-state index contributed by atoms with van der Waals surface area (Å²) in [5.41, 5.74) is 5.86. The van der Waals surface area contributed by atoms with Gasteiger partial charge in [0.1, 0.15) is 5.75 Å². The first kappa shape index (κ1) is 30.8. The third-order valence-electron chi connectivity index (χ3n) is 7.21. The molecule has 6 heteroatoms. The van der Waals surface area contributed by atoms with Gasteiger partial charge in [-0.15, -0.1) is 0 Å². The quantitative estimate of drug-likeness (QED) is 0.245. The number of carboxylic acids is 1. The average Bonchev–Trinajstić information content (AvgIpc) is 3.04. The first-order valence-electron chi connectivity index (χ1n) is 13.5. The number of methoxy groups -OCH3 is 1. The number of carbonyl (C=O) groups excluding carboxylic acids is 2. The number of ether oxygens (including phenoxy) is 1. The van der Waals surface area contributed by atoms with Gasteiger partial charge in [0.05, 0.1) is 13.1 Å². The van der Waals surface area contributed by atoms with Crippen molar-refractivity contribution in [2.45, 2.75) is 12.5 Å². The molecule has 0 saturated heterocycles. The van der Waals surface area contributed by atoms with Gasteiger partial charge in [0.25, 0.3) is 5.91 Å². The Hall–Kier alpha value is -4.16. The maximum Gasteiger partial charge on any atom is 1.00 e. The van der Waals surface area contributed by atoms with Crippen LogP contribution in [0, 0.1) is 0 Å². The fraction of sp³-hybridized carbons (Fsp3) is 0.111. The number of nitrogens with zero attached hydrogens (tertiary/aromatic N) is 1. The van der Waals surface area contributed by atoms with Crippen molar-refractivity contribution in [3.63, 3.8) is 0 Å². The zero-order valence-corrected chi connectivity index (χ0v) is 25.8. The van der Waals surface area contributed by atoms with E-state index in [9.17, 15) is 14.7 Å². The van der Waals surface area contributed by atoms with Crippen molar-refractivity contribution in [3.05, 3.63) is 161 Å². The van der Waals surface area contributed by atoms with Crippen LogP contribution < -0.4 is 39.4 Å². The second kappa shape index (κ2) is 14.6. The largest absolute Gasteiger partial charge is 1.00 e. The number of carboxylic acid groups (broad SMARTS) is 1. The van der Waals surface area contributed by atoms with Crippen LogP contribution in [0.5, 0.6) is 5.75 Å². The van der Waals surface area contributed by atoms with E-state index in [2.05, 4.69) is 24.3 Å². The van der Waals surface area contributed by atoms with E-state index in [1.165, 1.54) is 0 Å². The van der Waals surface area contributed by atoms with E-state index < -0.39 is 5.97 Å². The molecule has 0 heterocycles. The predicted octanol–water partition coefficient (Wildman–Crippen LogP) is 3.20. The first-order valence-corrected chi connectivity index (χ1v) is 13.5. The maximum absolute atomic E-state index is 14.0. The minimum absolute atomic E-state index is 0. The van der Waals surface area contributed by atoms with E-state index in [1.54, 1.807) is 55.6 Å². The van der Waals surface area contributed by atoms with E-state index in [4.69, 9.17) is 4.74 Å². The van der Waals surface area contributed by atoms with Gasteiger partial charge in [-0.2, -0.15) is 0 Å². The smallest absolute Gasteiger partial charge is 0.545 e. The Labute approximate surface area is 268 Å². The molecule has 204 valence electrons. The Morgan fingerprint density at radius 3 is 1.62 bits per heavy atom. The average molecular weight is 564 g/mol. The second-order valence-electron chi connectivity index (χ2n) is 9.85. The Morgan fingerprint density at radius 2 is 1.14 bits per heavy atom. The molecule has 0 aromatic heterocycles. The molecule has 1 amide bonds. The van der Waals surface area contributed by atoms with Crippen LogP contribution in [0.3, 0.4) is 0 Å². The Balaban J connectivity index is 0.00000405. The SMILES string of the molecule is COc1ccc(C(=O)N(Cc2ccc(-c3ccc(C(=O)[O-])cc3)cc2)CC(c2ccccc2)c2ccccc2)cc1.[Na+]. The molecule has 0 spiro atoms. The van der Waals surface area contributed by atoms with Crippen LogP contribution in [0.25, 0.3) is 11.1 Å². The van der Waals surface area contributed by atoms with Crippen molar-refractivity contribution in [1.29, 1.82) is 0 Å². The number of aromatic carboxylic acids is 1. The summed E-state index contributed by atoms with van der Waals surface area (Å²) >= 11 is 0. The van der Waals surface area contributed by atoms with Gasteiger partial charge < -0.3 is 19.5 Å². The van der Waals surface area contributed by atoms with Gasteiger partial charge in [0, 0.05) is 24.6 Å². The normalized spacial score (nSPS) is 10.5. The molecule has 5 rings (SSSR count). The first-order chi connectivity index (χ1) is 20.0. The predicted molar refractivity (Wildman–Crippen MR) is 159 cm³/mol. The topological polar surface area (TPSA) is 69.7 Å². The van der Waals surface area contributed by atoms with Crippen LogP contribution >= 0.6 is 0 Å². The molecule has 42 heavy (non-hydrogen) atoms. The Kier molecular flexibility index (Phi) is 10.7. The van der Waals surface area contributed by atoms with Crippen molar-refractivity contribution < 1.29 is 49.0 Å². The van der Waals surface area contributed by atoms with Gasteiger partial charge in [0.15, 0.2) is 0 Å². The molecule has 5 aromatic rings. The molecule has 0 fully saturated rings. The van der Waals surface area contributed by atoms with Crippen molar-refractivity contribution in [1.82, 2.24) is 4.90 Å². The number of benzene rings is 5. The minimum atomic E-state index is -1.20. The fourth-order valence-corrected chi connectivity index (χ4v) is 4.95. The maximum atomic E-state index is 14.0. The molecule has 0 aliphatic carbocycles. The van der Waals surface area contributed by atoms with Gasteiger partial charge in [-0.25, -0.2) is 0 Å². The molecule has 0 saturated carbocycles. The Morgan fingerprint density at radius 1 is 0.667 bits per heavy atom. The van der Waals surface area contributed by atoms with Gasteiger partial charge in [-0.05, 0) is 57.6 Å². The monoisotopic (exact) mass is 563 g/mol. The molecule has 0 aliphatic rings. The molecule has 0 N–H and O–H groups in total. The molecule has 0 radical (unpaired) electrons. The van der Waals surface area contributed by atoms with Crippen molar-refractivity contribution in [2.75, 3.05) is 13.7 Å². The van der Waals surface area contributed by atoms with E-state index >= 15 is 0 Å².